The first-order valence-corrected chi connectivity index (χ1v) is 12.4. The van der Waals surface area contributed by atoms with Crippen LogP contribution in [0.2, 0.25) is 0 Å². The Morgan fingerprint density at radius 1 is 1.12 bits per heavy atom. The van der Waals surface area contributed by atoms with Gasteiger partial charge in [-0.1, -0.05) is 30.3 Å². The topological polar surface area (TPSA) is 107 Å². The number of benzene rings is 2. The smallest absolute Gasteiger partial charge is 0.270 e. The normalized spacial score (nSPS) is 16.9. The van der Waals surface area contributed by atoms with Crippen molar-refractivity contribution in [3.05, 3.63) is 78.6 Å². The van der Waals surface area contributed by atoms with Gasteiger partial charge in [0.2, 0.25) is 5.95 Å². The monoisotopic (exact) mass is 473 g/mol. The molecule has 1 atom stereocenters. The Bertz CT molecular complexity index is 1480. The number of aromatic nitrogens is 3. The first kappa shape index (κ1) is 22.0. The van der Waals surface area contributed by atoms with Crippen molar-refractivity contribution < 1.29 is 8.42 Å². The summed E-state index contributed by atoms with van der Waals surface area (Å²) in [5.74, 6) is 0.371. The fraction of sp³-hybridized carbons (Fsp3) is 0.208. The molecule has 1 fully saturated rings. The van der Waals surface area contributed by atoms with E-state index in [-0.39, 0.29) is 22.1 Å². The lowest BCUT2D eigenvalue weighted by atomic mass is 10.2. The van der Waals surface area contributed by atoms with Gasteiger partial charge < -0.3 is 5.32 Å². The molecule has 5 rings (SSSR count). The van der Waals surface area contributed by atoms with E-state index in [2.05, 4.69) is 22.2 Å². The van der Waals surface area contributed by atoms with Crippen LogP contribution in [-0.4, -0.2) is 53.0 Å². The number of para-hydroxylation sites is 1. The average molecular weight is 474 g/mol. The average Bonchev–Trinajstić information content (AvgIpc) is 3.30. The van der Waals surface area contributed by atoms with E-state index in [4.69, 9.17) is 4.98 Å². The zero-order chi connectivity index (χ0) is 23.7. The molecule has 0 aliphatic carbocycles. The summed E-state index contributed by atoms with van der Waals surface area (Å²) < 4.78 is 28.1. The fourth-order valence-electron chi connectivity index (χ4n) is 4.15. The highest BCUT2D eigenvalue weighted by atomic mass is 32.2. The summed E-state index contributed by atoms with van der Waals surface area (Å²) in [7, 11) is -4.05. The third-order valence-electron chi connectivity index (χ3n) is 5.84. The van der Waals surface area contributed by atoms with Crippen molar-refractivity contribution in [1.82, 2.24) is 24.3 Å². The molecule has 0 radical (unpaired) electrons. The molecule has 1 N–H and O–H groups in total. The van der Waals surface area contributed by atoms with Crippen LogP contribution in [0.15, 0.2) is 78.0 Å². The van der Waals surface area contributed by atoms with Crippen LogP contribution in [-0.2, 0) is 10.0 Å². The molecular formula is C24H23N7O2S. The Morgan fingerprint density at radius 3 is 2.65 bits per heavy atom. The van der Waals surface area contributed by atoms with Gasteiger partial charge in [0, 0.05) is 43.5 Å². The van der Waals surface area contributed by atoms with Gasteiger partial charge in [-0.25, -0.2) is 27.4 Å². The van der Waals surface area contributed by atoms with Gasteiger partial charge in [0.15, 0.2) is 5.65 Å². The van der Waals surface area contributed by atoms with E-state index in [0.29, 0.717) is 11.3 Å². The third kappa shape index (κ3) is 3.80. The number of nitrogens with zero attached hydrogens (tertiary/aromatic N) is 6. The highest BCUT2D eigenvalue weighted by molar-refractivity contribution is 7.90. The number of rotatable bonds is 5. The Morgan fingerprint density at radius 2 is 1.88 bits per heavy atom. The largest absolute Gasteiger partial charge is 0.314 e. The SMILES string of the molecule is CC1CNCCN1N(c1ccccc1)c1ncc2ccn(S(=O)(=O)c3ccccc3C#N)c2n1. The van der Waals surface area contributed by atoms with Gasteiger partial charge in [-0.2, -0.15) is 10.2 Å². The molecule has 10 heteroatoms. The zero-order valence-electron chi connectivity index (χ0n) is 18.5. The molecule has 0 amide bonds. The molecule has 9 nitrogen and oxygen atoms in total. The number of fused-ring (bicyclic) bond motifs is 1. The van der Waals surface area contributed by atoms with Crippen LogP contribution in [0.3, 0.4) is 0 Å². The first-order chi connectivity index (χ1) is 16.5. The second-order valence-corrected chi connectivity index (χ2v) is 9.82. The summed E-state index contributed by atoms with van der Waals surface area (Å²) in [4.78, 5) is 9.25. The Balaban J connectivity index is 1.66. The van der Waals surface area contributed by atoms with Crippen LogP contribution >= 0.6 is 0 Å². The van der Waals surface area contributed by atoms with Crippen molar-refractivity contribution in [1.29, 1.82) is 5.26 Å². The molecule has 1 aliphatic heterocycles. The van der Waals surface area contributed by atoms with E-state index in [9.17, 15) is 13.7 Å². The van der Waals surface area contributed by atoms with Gasteiger partial charge in [0.25, 0.3) is 10.0 Å². The minimum atomic E-state index is -4.05. The lowest BCUT2D eigenvalue weighted by Crippen LogP contribution is -2.56. The molecular weight excluding hydrogens is 450 g/mol. The van der Waals surface area contributed by atoms with Crippen LogP contribution in [0.4, 0.5) is 11.6 Å². The molecule has 34 heavy (non-hydrogen) atoms. The highest BCUT2D eigenvalue weighted by Gasteiger charge is 2.29. The van der Waals surface area contributed by atoms with Crippen LogP contribution < -0.4 is 10.3 Å². The van der Waals surface area contributed by atoms with Crippen LogP contribution in [0.1, 0.15) is 12.5 Å². The van der Waals surface area contributed by atoms with Gasteiger partial charge in [0.05, 0.1) is 11.3 Å². The van der Waals surface area contributed by atoms with Crippen molar-refractivity contribution in [3.8, 4) is 6.07 Å². The second-order valence-electron chi connectivity index (χ2n) is 8.04. The van der Waals surface area contributed by atoms with E-state index in [1.54, 1.807) is 24.4 Å². The number of nitrogens with one attached hydrogen (secondary N) is 1. The van der Waals surface area contributed by atoms with Crippen LogP contribution in [0, 0.1) is 11.3 Å². The van der Waals surface area contributed by atoms with Crippen molar-refractivity contribution in [2.75, 3.05) is 24.6 Å². The van der Waals surface area contributed by atoms with E-state index in [1.807, 2.05) is 41.4 Å². The quantitative estimate of drug-likeness (QED) is 0.472. The lowest BCUT2D eigenvalue weighted by molar-refractivity contribution is 0.173. The predicted octanol–water partition coefficient (Wildman–Crippen LogP) is 2.89. The molecule has 4 aromatic rings. The van der Waals surface area contributed by atoms with Gasteiger partial charge in [-0.3, -0.25) is 0 Å². The number of anilines is 2. The van der Waals surface area contributed by atoms with E-state index in [0.717, 1.165) is 29.3 Å². The summed E-state index contributed by atoms with van der Waals surface area (Å²) in [5.41, 5.74) is 1.21. The first-order valence-electron chi connectivity index (χ1n) is 10.9. The van der Waals surface area contributed by atoms with Crippen molar-refractivity contribution >= 4 is 32.7 Å². The molecule has 1 saturated heterocycles. The third-order valence-corrected chi connectivity index (χ3v) is 7.56. The van der Waals surface area contributed by atoms with Crippen LogP contribution in [0.5, 0.6) is 0 Å². The molecule has 2 aromatic carbocycles. The van der Waals surface area contributed by atoms with Gasteiger partial charge >= 0.3 is 0 Å². The summed E-state index contributed by atoms with van der Waals surface area (Å²) in [6.45, 7) is 4.48. The fourth-order valence-corrected chi connectivity index (χ4v) is 5.60. The van der Waals surface area contributed by atoms with Crippen molar-refractivity contribution in [3.63, 3.8) is 0 Å². The standard InChI is InChI=1S/C24H23N7O2S/c1-18-16-26-12-14-29(18)31(21-8-3-2-4-9-21)24-27-17-20-11-13-30(23(20)28-24)34(32,33)22-10-6-5-7-19(22)15-25/h2-11,13,17-18,26H,12,14,16H2,1H3. The van der Waals surface area contributed by atoms with Crippen molar-refractivity contribution in [2.24, 2.45) is 0 Å². The second kappa shape index (κ2) is 8.87. The summed E-state index contributed by atoms with van der Waals surface area (Å²) in [6, 6.07) is 19.7. The molecule has 172 valence electrons. The number of hydrogen-bond donors (Lipinski definition) is 1. The number of hydrogen-bond acceptors (Lipinski definition) is 8. The number of nitriles is 1. The van der Waals surface area contributed by atoms with Gasteiger partial charge in [0.1, 0.15) is 11.0 Å². The molecule has 3 heterocycles. The maximum atomic E-state index is 13.5. The van der Waals surface area contributed by atoms with Crippen molar-refractivity contribution in [2.45, 2.75) is 17.9 Å². The molecule has 0 bridgehead atoms. The highest BCUT2D eigenvalue weighted by Crippen LogP contribution is 2.29. The zero-order valence-corrected chi connectivity index (χ0v) is 19.4. The summed E-state index contributed by atoms with van der Waals surface area (Å²) in [5, 5.41) is 17.5. The lowest BCUT2D eigenvalue weighted by Gasteiger charge is -2.41. The maximum Gasteiger partial charge on any atom is 0.270 e. The molecule has 1 aliphatic rings. The Hall–Kier alpha value is -3.78. The predicted molar refractivity (Wildman–Crippen MR) is 129 cm³/mol. The van der Waals surface area contributed by atoms with Gasteiger partial charge in [-0.05, 0) is 37.3 Å². The minimum absolute atomic E-state index is 0.0641. The van der Waals surface area contributed by atoms with E-state index >= 15 is 0 Å². The Labute approximate surface area is 197 Å². The molecule has 0 spiro atoms. The van der Waals surface area contributed by atoms with E-state index < -0.39 is 10.0 Å². The van der Waals surface area contributed by atoms with Crippen LogP contribution in [0.25, 0.3) is 11.0 Å². The maximum absolute atomic E-state index is 13.5. The summed E-state index contributed by atoms with van der Waals surface area (Å²) in [6.07, 6.45) is 3.08. The molecule has 1 unspecified atom stereocenters. The van der Waals surface area contributed by atoms with Gasteiger partial charge in [-0.15, -0.1) is 0 Å². The van der Waals surface area contributed by atoms with E-state index in [1.165, 1.54) is 18.3 Å². The number of hydrazine groups is 1. The minimum Gasteiger partial charge on any atom is -0.314 e. The molecule has 2 aromatic heterocycles. The summed E-state index contributed by atoms with van der Waals surface area (Å²) >= 11 is 0. The number of piperazine rings is 1. The Kier molecular flexibility index (Phi) is 5.75. The molecule has 0 saturated carbocycles.